The summed E-state index contributed by atoms with van der Waals surface area (Å²) in [6, 6.07) is 20.7. The molecule has 35 heavy (non-hydrogen) atoms. The zero-order valence-electron chi connectivity index (χ0n) is 19.5. The molecule has 1 aliphatic rings. The van der Waals surface area contributed by atoms with Crippen LogP contribution in [0.4, 0.5) is 5.69 Å². The van der Waals surface area contributed by atoms with Gasteiger partial charge in [-0.3, -0.25) is 24.1 Å². The SMILES string of the molecule is Cc1ccc(NC(=O)c2ccc(OC(=O)CCCCCN3C(=O)c4ccccc4C3=O)cc2)cc1. The van der Waals surface area contributed by atoms with E-state index in [2.05, 4.69) is 5.32 Å². The second-order valence-electron chi connectivity index (χ2n) is 8.44. The molecule has 3 amide bonds. The van der Waals surface area contributed by atoms with Crippen LogP contribution < -0.4 is 10.1 Å². The summed E-state index contributed by atoms with van der Waals surface area (Å²) in [6.45, 7) is 2.30. The summed E-state index contributed by atoms with van der Waals surface area (Å²) in [5.74, 6) is -0.776. The molecule has 3 aromatic carbocycles. The summed E-state index contributed by atoms with van der Waals surface area (Å²) < 4.78 is 5.35. The summed E-state index contributed by atoms with van der Waals surface area (Å²) in [5.41, 5.74) is 3.16. The minimum absolute atomic E-state index is 0.220. The number of carbonyl (C=O) groups excluding carboxylic acids is 4. The van der Waals surface area contributed by atoms with E-state index in [1.54, 1.807) is 48.5 Å². The van der Waals surface area contributed by atoms with Gasteiger partial charge in [0, 0.05) is 24.2 Å². The van der Waals surface area contributed by atoms with E-state index in [-0.39, 0.29) is 30.1 Å². The number of amides is 3. The summed E-state index contributed by atoms with van der Waals surface area (Å²) in [5, 5.41) is 2.82. The van der Waals surface area contributed by atoms with E-state index in [0.29, 0.717) is 53.9 Å². The van der Waals surface area contributed by atoms with Crippen LogP contribution >= 0.6 is 0 Å². The molecule has 0 saturated heterocycles. The first kappa shape index (κ1) is 23.9. The lowest BCUT2D eigenvalue weighted by Crippen LogP contribution is -2.30. The lowest BCUT2D eigenvalue weighted by molar-refractivity contribution is -0.134. The first-order chi connectivity index (χ1) is 16.9. The number of fused-ring (bicyclic) bond motifs is 1. The van der Waals surface area contributed by atoms with Gasteiger partial charge in [0.25, 0.3) is 17.7 Å². The molecule has 0 unspecified atom stereocenters. The molecular weight excluding hydrogens is 444 g/mol. The van der Waals surface area contributed by atoms with Gasteiger partial charge in [0.15, 0.2) is 0 Å². The fourth-order valence-corrected chi connectivity index (χ4v) is 3.86. The number of aryl methyl sites for hydroxylation is 1. The molecule has 0 spiro atoms. The standard InChI is InChI=1S/C28H26N2O5/c1-19-10-14-21(15-11-19)29-26(32)20-12-16-22(17-13-20)35-25(31)9-3-2-6-18-30-27(33)23-7-4-5-8-24(23)28(30)34/h4-5,7-8,10-17H,2-3,6,9,18H2,1H3,(H,29,32). The van der Waals surface area contributed by atoms with Crippen LogP contribution in [0.1, 0.15) is 62.3 Å². The van der Waals surface area contributed by atoms with Crippen LogP contribution in [0.3, 0.4) is 0 Å². The topological polar surface area (TPSA) is 92.8 Å². The molecular formula is C28H26N2O5. The molecule has 0 atom stereocenters. The Kier molecular flexibility index (Phi) is 7.35. The van der Waals surface area contributed by atoms with Crippen molar-refractivity contribution in [1.82, 2.24) is 4.90 Å². The molecule has 1 N–H and O–H groups in total. The Morgan fingerprint density at radius 3 is 2.06 bits per heavy atom. The first-order valence-corrected chi connectivity index (χ1v) is 11.6. The maximum absolute atomic E-state index is 12.4. The van der Waals surface area contributed by atoms with Gasteiger partial charge >= 0.3 is 5.97 Å². The highest BCUT2D eigenvalue weighted by Gasteiger charge is 2.34. The van der Waals surface area contributed by atoms with E-state index < -0.39 is 0 Å². The van der Waals surface area contributed by atoms with Gasteiger partial charge in [0.2, 0.25) is 0 Å². The number of anilines is 1. The van der Waals surface area contributed by atoms with Crippen molar-refractivity contribution >= 4 is 29.4 Å². The Bertz CT molecular complexity index is 1210. The summed E-state index contributed by atoms with van der Waals surface area (Å²) in [4.78, 5) is 50.5. The van der Waals surface area contributed by atoms with E-state index in [1.807, 2.05) is 31.2 Å². The number of unbranched alkanes of at least 4 members (excludes halogenated alkanes) is 2. The van der Waals surface area contributed by atoms with Crippen LogP contribution in [0.2, 0.25) is 0 Å². The van der Waals surface area contributed by atoms with E-state index in [0.717, 1.165) is 5.56 Å². The number of benzene rings is 3. The van der Waals surface area contributed by atoms with Crippen molar-refractivity contribution in [3.8, 4) is 5.75 Å². The van der Waals surface area contributed by atoms with Gasteiger partial charge in [-0.05, 0) is 68.3 Å². The molecule has 0 saturated carbocycles. The monoisotopic (exact) mass is 470 g/mol. The number of ether oxygens (including phenoxy) is 1. The van der Waals surface area contributed by atoms with Crippen molar-refractivity contribution in [2.45, 2.75) is 32.6 Å². The van der Waals surface area contributed by atoms with Gasteiger partial charge in [0.05, 0.1) is 11.1 Å². The van der Waals surface area contributed by atoms with Crippen molar-refractivity contribution in [3.63, 3.8) is 0 Å². The minimum Gasteiger partial charge on any atom is -0.427 e. The zero-order chi connectivity index (χ0) is 24.8. The largest absolute Gasteiger partial charge is 0.427 e. The van der Waals surface area contributed by atoms with Gasteiger partial charge in [-0.25, -0.2) is 0 Å². The molecule has 0 aromatic heterocycles. The van der Waals surface area contributed by atoms with Gasteiger partial charge in [-0.2, -0.15) is 0 Å². The predicted octanol–water partition coefficient (Wildman–Crippen LogP) is 5.01. The molecule has 0 bridgehead atoms. The number of carbonyl (C=O) groups is 4. The van der Waals surface area contributed by atoms with Gasteiger partial charge < -0.3 is 10.1 Å². The summed E-state index contributed by atoms with van der Waals surface area (Å²) in [7, 11) is 0. The summed E-state index contributed by atoms with van der Waals surface area (Å²) in [6.07, 6.45) is 2.10. The highest BCUT2D eigenvalue weighted by atomic mass is 16.5. The highest BCUT2D eigenvalue weighted by molar-refractivity contribution is 6.21. The quantitative estimate of drug-likeness (QED) is 0.205. The van der Waals surface area contributed by atoms with Gasteiger partial charge in [-0.1, -0.05) is 36.2 Å². The smallest absolute Gasteiger partial charge is 0.311 e. The molecule has 4 rings (SSSR count). The van der Waals surface area contributed by atoms with Crippen molar-refractivity contribution in [1.29, 1.82) is 0 Å². The van der Waals surface area contributed by atoms with Gasteiger partial charge in [0.1, 0.15) is 5.75 Å². The fourth-order valence-electron chi connectivity index (χ4n) is 3.86. The Hall–Kier alpha value is -4.26. The number of hydrogen-bond acceptors (Lipinski definition) is 5. The third kappa shape index (κ3) is 5.81. The molecule has 7 heteroatoms. The van der Waals surface area contributed by atoms with E-state index in [4.69, 9.17) is 4.74 Å². The second kappa shape index (κ2) is 10.8. The van der Waals surface area contributed by atoms with E-state index in [9.17, 15) is 19.2 Å². The van der Waals surface area contributed by atoms with Crippen LogP contribution in [0.25, 0.3) is 0 Å². The predicted molar refractivity (Wildman–Crippen MR) is 131 cm³/mol. The third-order valence-electron chi connectivity index (χ3n) is 5.80. The number of esters is 1. The lowest BCUT2D eigenvalue weighted by atomic mass is 10.1. The van der Waals surface area contributed by atoms with Crippen LogP contribution in [-0.4, -0.2) is 35.1 Å². The highest BCUT2D eigenvalue weighted by Crippen LogP contribution is 2.23. The van der Waals surface area contributed by atoms with Crippen LogP contribution in [0.5, 0.6) is 5.75 Å². The average molecular weight is 471 g/mol. The van der Waals surface area contributed by atoms with E-state index >= 15 is 0 Å². The van der Waals surface area contributed by atoms with Crippen molar-refractivity contribution in [2.75, 3.05) is 11.9 Å². The third-order valence-corrected chi connectivity index (χ3v) is 5.80. The normalized spacial score (nSPS) is 12.4. The van der Waals surface area contributed by atoms with Crippen LogP contribution in [0, 0.1) is 6.92 Å². The molecule has 1 heterocycles. The average Bonchev–Trinajstić information content (AvgIpc) is 3.10. The zero-order valence-corrected chi connectivity index (χ0v) is 19.5. The Morgan fingerprint density at radius 2 is 1.43 bits per heavy atom. The molecule has 3 aromatic rings. The number of nitrogens with one attached hydrogen (secondary N) is 1. The molecule has 1 aliphatic heterocycles. The van der Waals surface area contributed by atoms with E-state index in [1.165, 1.54) is 4.90 Å². The maximum atomic E-state index is 12.4. The molecule has 178 valence electrons. The van der Waals surface area contributed by atoms with Crippen LogP contribution in [0.15, 0.2) is 72.8 Å². The second-order valence-corrected chi connectivity index (χ2v) is 8.44. The first-order valence-electron chi connectivity index (χ1n) is 11.6. The van der Waals surface area contributed by atoms with Gasteiger partial charge in [-0.15, -0.1) is 0 Å². The molecule has 7 nitrogen and oxygen atoms in total. The minimum atomic E-state index is -0.373. The number of rotatable bonds is 9. The lowest BCUT2D eigenvalue weighted by Gasteiger charge is -2.13. The summed E-state index contributed by atoms with van der Waals surface area (Å²) >= 11 is 0. The Balaban J connectivity index is 1.17. The van der Waals surface area contributed by atoms with Crippen molar-refractivity contribution in [3.05, 3.63) is 95.1 Å². The fraction of sp³-hybridized carbons (Fsp3) is 0.214. The molecule has 0 radical (unpaired) electrons. The number of imide groups is 1. The number of nitrogens with zero attached hydrogens (tertiary/aromatic N) is 1. The molecule has 0 fully saturated rings. The van der Waals surface area contributed by atoms with Crippen molar-refractivity contribution in [2.24, 2.45) is 0 Å². The van der Waals surface area contributed by atoms with Crippen LogP contribution in [-0.2, 0) is 4.79 Å². The maximum Gasteiger partial charge on any atom is 0.311 e. The number of hydrogen-bond donors (Lipinski definition) is 1. The Morgan fingerprint density at radius 1 is 0.800 bits per heavy atom. The molecule has 0 aliphatic carbocycles. The Labute approximate surface area is 203 Å². The van der Waals surface area contributed by atoms with Crippen molar-refractivity contribution < 1.29 is 23.9 Å².